The fraction of sp³-hybridized carbons (Fsp3) is 0.333. The number of halogens is 1. The Labute approximate surface area is 91.5 Å². The number of carboxylic acid groups (broad SMARTS) is 1. The highest BCUT2D eigenvalue weighted by Gasteiger charge is 1.99. The predicted molar refractivity (Wildman–Crippen MR) is 57.7 cm³/mol. The molecular weight excluding hydrogens is 222 g/mol. The van der Waals surface area contributed by atoms with Crippen LogP contribution in [0, 0.1) is 0 Å². The van der Waals surface area contributed by atoms with E-state index in [1.807, 2.05) is 0 Å². The number of carbonyl (C=O) groups is 1. The van der Waals surface area contributed by atoms with E-state index in [1.165, 1.54) is 0 Å². The van der Waals surface area contributed by atoms with Crippen LogP contribution < -0.4 is 0 Å². The van der Waals surface area contributed by atoms with Crippen LogP contribution in [0.1, 0.15) is 12.1 Å². The van der Waals surface area contributed by atoms with Gasteiger partial charge in [-0.3, -0.25) is 9.78 Å². The lowest BCUT2D eigenvalue weighted by Crippen LogP contribution is -1.96. The quantitative estimate of drug-likeness (QED) is 0.791. The lowest BCUT2D eigenvalue weighted by molar-refractivity contribution is -0.136. The van der Waals surface area contributed by atoms with E-state index < -0.39 is 5.97 Å². The largest absolute Gasteiger partial charge is 0.481 e. The molecule has 0 aliphatic carbocycles. The van der Waals surface area contributed by atoms with Crippen LogP contribution in [-0.2, 0) is 10.5 Å². The van der Waals surface area contributed by atoms with Gasteiger partial charge in [-0.1, -0.05) is 11.6 Å². The summed E-state index contributed by atoms with van der Waals surface area (Å²) in [4.78, 5) is 14.3. The molecule has 0 aliphatic heterocycles. The van der Waals surface area contributed by atoms with Crippen molar-refractivity contribution in [2.45, 2.75) is 12.2 Å². The van der Waals surface area contributed by atoms with Gasteiger partial charge in [0.1, 0.15) is 0 Å². The molecule has 0 atom stereocenters. The Morgan fingerprint density at radius 3 is 3.07 bits per heavy atom. The van der Waals surface area contributed by atoms with Gasteiger partial charge in [0.15, 0.2) is 0 Å². The maximum atomic E-state index is 10.2. The zero-order valence-electron chi connectivity index (χ0n) is 7.44. The van der Waals surface area contributed by atoms with E-state index in [0.717, 1.165) is 5.69 Å². The van der Waals surface area contributed by atoms with E-state index >= 15 is 0 Å². The summed E-state index contributed by atoms with van der Waals surface area (Å²) in [5.41, 5.74) is 0.882. The van der Waals surface area contributed by atoms with Crippen LogP contribution in [0.5, 0.6) is 0 Å². The molecule has 5 heteroatoms. The summed E-state index contributed by atoms with van der Waals surface area (Å²) in [7, 11) is 0. The minimum absolute atomic E-state index is 0.186. The van der Waals surface area contributed by atoms with E-state index in [2.05, 4.69) is 4.98 Å². The maximum absolute atomic E-state index is 10.2. The van der Waals surface area contributed by atoms with Crippen molar-refractivity contribution in [1.82, 2.24) is 4.98 Å². The van der Waals surface area contributed by atoms with Crippen LogP contribution in [0.25, 0.3) is 0 Å². The van der Waals surface area contributed by atoms with E-state index in [4.69, 9.17) is 16.7 Å². The Bertz CT molecular complexity index is 319. The smallest absolute Gasteiger partial charge is 0.304 e. The first-order chi connectivity index (χ1) is 6.68. The van der Waals surface area contributed by atoms with E-state index in [9.17, 15) is 4.79 Å². The molecule has 76 valence electrons. The van der Waals surface area contributed by atoms with Crippen LogP contribution >= 0.6 is 23.4 Å². The third-order valence-electron chi connectivity index (χ3n) is 1.49. The summed E-state index contributed by atoms with van der Waals surface area (Å²) in [5, 5.41) is 9.07. The third kappa shape index (κ3) is 4.48. The summed E-state index contributed by atoms with van der Waals surface area (Å²) >= 11 is 7.31. The zero-order valence-corrected chi connectivity index (χ0v) is 9.01. The average molecular weight is 232 g/mol. The lowest BCUT2D eigenvalue weighted by Gasteiger charge is -1.99. The number of hydrogen-bond acceptors (Lipinski definition) is 3. The number of aromatic nitrogens is 1. The molecule has 0 unspecified atom stereocenters. The number of thioether (sulfide) groups is 1. The van der Waals surface area contributed by atoms with Gasteiger partial charge >= 0.3 is 5.97 Å². The number of aliphatic carboxylic acids is 1. The fourth-order valence-electron chi connectivity index (χ4n) is 0.864. The second kappa shape index (κ2) is 5.88. The van der Waals surface area contributed by atoms with Crippen LogP contribution in [0.2, 0.25) is 5.02 Å². The van der Waals surface area contributed by atoms with Crippen molar-refractivity contribution >= 4 is 29.3 Å². The molecule has 0 amide bonds. The minimum atomic E-state index is -0.767. The molecule has 0 radical (unpaired) electrons. The van der Waals surface area contributed by atoms with Gasteiger partial charge in [-0.05, 0) is 12.1 Å². The van der Waals surface area contributed by atoms with Crippen molar-refractivity contribution in [1.29, 1.82) is 0 Å². The predicted octanol–water partition coefficient (Wildman–Crippen LogP) is 2.44. The van der Waals surface area contributed by atoms with Gasteiger partial charge in [0.2, 0.25) is 0 Å². The maximum Gasteiger partial charge on any atom is 0.304 e. The average Bonchev–Trinajstić information content (AvgIpc) is 2.12. The highest BCUT2D eigenvalue weighted by molar-refractivity contribution is 7.98. The van der Waals surface area contributed by atoms with Gasteiger partial charge < -0.3 is 5.11 Å². The van der Waals surface area contributed by atoms with Gasteiger partial charge in [0.25, 0.3) is 0 Å². The molecule has 3 nitrogen and oxygen atoms in total. The Morgan fingerprint density at radius 1 is 1.64 bits per heavy atom. The zero-order chi connectivity index (χ0) is 10.4. The van der Waals surface area contributed by atoms with Crippen molar-refractivity contribution in [2.75, 3.05) is 5.75 Å². The Balaban J connectivity index is 2.28. The fourth-order valence-corrected chi connectivity index (χ4v) is 1.88. The molecule has 0 fully saturated rings. The van der Waals surface area contributed by atoms with Gasteiger partial charge in [-0.25, -0.2) is 0 Å². The normalized spacial score (nSPS) is 10.1. The van der Waals surface area contributed by atoms with Gasteiger partial charge in [0.05, 0.1) is 12.1 Å². The SMILES string of the molecule is O=C(O)CCSCc1cc(Cl)ccn1. The Hall–Kier alpha value is -0.740. The highest BCUT2D eigenvalue weighted by Crippen LogP contribution is 2.14. The molecule has 0 saturated carbocycles. The second-order valence-corrected chi connectivity index (χ2v) is 4.20. The minimum Gasteiger partial charge on any atom is -0.481 e. The second-order valence-electron chi connectivity index (χ2n) is 2.66. The Kier molecular flexibility index (Phi) is 4.76. The highest BCUT2D eigenvalue weighted by atomic mass is 35.5. The molecule has 0 aromatic carbocycles. The third-order valence-corrected chi connectivity index (χ3v) is 2.72. The first-order valence-corrected chi connectivity index (χ1v) is 5.61. The monoisotopic (exact) mass is 231 g/mol. The molecule has 1 N–H and O–H groups in total. The van der Waals surface area contributed by atoms with E-state index in [1.54, 1.807) is 30.1 Å². The molecule has 1 aromatic rings. The van der Waals surface area contributed by atoms with Crippen molar-refractivity contribution < 1.29 is 9.90 Å². The molecule has 1 heterocycles. The van der Waals surface area contributed by atoms with E-state index in [-0.39, 0.29) is 6.42 Å². The van der Waals surface area contributed by atoms with Crippen LogP contribution in [-0.4, -0.2) is 21.8 Å². The number of pyridine rings is 1. The van der Waals surface area contributed by atoms with Gasteiger partial charge in [0, 0.05) is 22.7 Å². The molecule has 0 saturated heterocycles. The van der Waals surface area contributed by atoms with Crippen LogP contribution in [0.4, 0.5) is 0 Å². The summed E-state index contributed by atoms with van der Waals surface area (Å²) in [6.07, 6.45) is 1.83. The number of rotatable bonds is 5. The molecule has 14 heavy (non-hydrogen) atoms. The number of carboxylic acids is 1. The van der Waals surface area contributed by atoms with Crippen molar-refractivity contribution in [3.8, 4) is 0 Å². The summed E-state index contributed by atoms with van der Waals surface area (Å²) in [5.74, 6) is 0.536. The molecule has 1 aromatic heterocycles. The molecule has 0 bridgehead atoms. The van der Waals surface area contributed by atoms with Crippen molar-refractivity contribution in [3.05, 3.63) is 29.0 Å². The number of nitrogens with zero attached hydrogens (tertiary/aromatic N) is 1. The van der Waals surface area contributed by atoms with Crippen LogP contribution in [0.3, 0.4) is 0 Å². The van der Waals surface area contributed by atoms with Crippen molar-refractivity contribution in [2.24, 2.45) is 0 Å². The van der Waals surface area contributed by atoms with Crippen LogP contribution in [0.15, 0.2) is 18.3 Å². The first-order valence-electron chi connectivity index (χ1n) is 4.08. The summed E-state index contributed by atoms with van der Waals surface area (Å²) in [6.45, 7) is 0. The first kappa shape index (κ1) is 11.3. The van der Waals surface area contributed by atoms with Gasteiger partial charge in [-0.15, -0.1) is 0 Å². The lowest BCUT2D eigenvalue weighted by atomic mass is 10.4. The molecule has 1 rings (SSSR count). The molecule has 0 aliphatic rings. The topological polar surface area (TPSA) is 50.2 Å². The molecular formula is C9H10ClNO2S. The number of hydrogen-bond donors (Lipinski definition) is 1. The van der Waals surface area contributed by atoms with E-state index in [0.29, 0.717) is 16.5 Å². The van der Waals surface area contributed by atoms with Gasteiger partial charge in [-0.2, -0.15) is 11.8 Å². The van der Waals surface area contributed by atoms with Crippen molar-refractivity contribution in [3.63, 3.8) is 0 Å². The Morgan fingerprint density at radius 2 is 2.43 bits per heavy atom. The standard InChI is InChI=1S/C9H10ClNO2S/c10-7-1-3-11-8(5-7)6-14-4-2-9(12)13/h1,3,5H,2,4,6H2,(H,12,13). The summed E-state index contributed by atoms with van der Waals surface area (Å²) in [6, 6.07) is 3.50. The summed E-state index contributed by atoms with van der Waals surface area (Å²) < 4.78 is 0. The molecule has 0 spiro atoms.